The molecule has 0 aliphatic rings. The first-order valence-corrected chi connectivity index (χ1v) is 3.25. The SMILES string of the molecule is [CH2]C(C)CC=CCC. The van der Waals surface area contributed by atoms with Gasteiger partial charge in [-0.15, -0.1) is 0 Å². The zero-order chi connectivity index (χ0) is 6.41. The Morgan fingerprint density at radius 3 is 2.50 bits per heavy atom. The van der Waals surface area contributed by atoms with Crippen LogP contribution in [-0.4, -0.2) is 0 Å². The van der Waals surface area contributed by atoms with Gasteiger partial charge < -0.3 is 0 Å². The third kappa shape index (κ3) is 5.74. The molecule has 0 heterocycles. The Morgan fingerprint density at radius 2 is 2.12 bits per heavy atom. The average Bonchev–Trinajstić information content (AvgIpc) is 1.66. The Morgan fingerprint density at radius 1 is 1.50 bits per heavy atom. The van der Waals surface area contributed by atoms with Gasteiger partial charge in [0.2, 0.25) is 0 Å². The van der Waals surface area contributed by atoms with Crippen LogP contribution in [0.4, 0.5) is 0 Å². The van der Waals surface area contributed by atoms with Crippen LogP contribution in [0.2, 0.25) is 0 Å². The molecule has 1 atom stereocenters. The molecule has 1 unspecified atom stereocenters. The highest BCUT2D eigenvalue weighted by atomic mass is 13.9. The molecule has 0 heteroatoms. The molecule has 0 saturated carbocycles. The fourth-order valence-electron chi connectivity index (χ4n) is 0.495. The highest BCUT2D eigenvalue weighted by Crippen LogP contribution is 1.99. The molecule has 0 aliphatic carbocycles. The summed E-state index contributed by atoms with van der Waals surface area (Å²) in [5.74, 6) is 0.567. The van der Waals surface area contributed by atoms with E-state index in [-0.39, 0.29) is 0 Å². The number of hydrogen-bond acceptors (Lipinski definition) is 0. The van der Waals surface area contributed by atoms with Crippen molar-refractivity contribution < 1.29 is 0 Å². The molecule has 0 bridgehead atoms. The smallest absolute Gasteiger partial charge is 0.0325 e. The summed E-state index contributed by atoms with van der Waals surface area (Å²) in [5, 5.41) is 0. The average molecular weight is 111 g/mol. The maximum atomic E-state index is 3.86. The van der Waals surface area contributed by atoms with Crippen molar-refractivity contribution in [1.82, 2.24) is 0 Å². The maximum absolute atomic E-state index is 3.86. The van der Waals surface area contributed by atoms with Crippen LogP contribution in [-0.2, 0) is 0 Å². The van der Waals surface area contributed by atoms with Crippen molar-refractivity contribution in [1.29, 1.82) is 0 Å². The van der Waals surface area contributed by atoms with Crippen molar-refractivity contribution in [2.24, 2.45) is 5.92 Å². The van der Waals surface area contributed by atoms with E-state index in [1.165, 1.54) is 0 Å². The molecule has 47 valence electrons. The van der Waals surface area contributed by atoms with Crippen LogP contribution < -0.4 is 0 Å². The number of allylic oxidation sites excluding steroid dienone is 2. The van der Waals surface area contributed by atoms with Gasteiger partial charge in [0, 0.05) is 0 Å². The maximum Gasteiger partial charge on any atom is -0.0325 e. The minimum atomic E-state index is 0.567. The van der Waals surface area contributed by atoms with Gasteiger partial charge in [0.1, 0.15) is 0 Å². The Balaban J connectivity index is 3.03. The van der Waals surface area contributed by atoms with Gasteiger partial charge in [-0.3, -0.25) is 0 Å². The van der Waals surface area contributed by atoms with E-state index in [1.807, 2.05) is 0 Å². The summed E-state index contributed by atoms with van der Waals surface area (Å²) in [7, 11) is 0. The molecule has 0 nitrogen and oxygen atoms in total. The fraction of sp³-hybridized carbons (Fsp3) is 0.625. The number of rotatable bonds is 3. The topological polar surface area (TPSA) is 0 Å². The normalized spacial score (nSPS) is 11.5. The van der Waals surface area contributed by atoms with E-state index < -0.39 is 0 Å². The van der Waals surface area contributed by atoms with Crippen molar-refractivity contribution >= 4 is 0 Å². The highest BCUT2D eigenvalue weighted by molar-refractivity contribution is 4.82. The summed E-state index contributed by atoms with van der Waals surface area (Å²) in [4.78, 5) is 0. The van der Waals surface area contributed by atoms with E-state index in [4.69, 9.17) is 0 Å². The van der Waals surface area contributed by atoms with E-state index >= 15 is 0 Å². The van der Waals surface area contributed by atoms with Crippen molar-refractivity contribution in [2.45, 2.75) is 26.7 Å². The van der Waals surface area contributed by atoms with Crippen molar-refractivity contribution in [3.05, 3.63) is 19.1 Å². The molecular formula is C8H15. The van der Waals surface area contributed by atoms with Crippen LogP contribution in [0.1, 0.15) is 26.7 Å². The summed E-state index contributed by atoms with van der Waals surface area (Å²) in [5.41, 5.74) is 0. The van der Waals surface area contributed by atoms with Crippen LogP contribution in [0.3, 0.4) is 0 Å². The first kappa shape index (κ1) is 7.74. The Hall–Kier alpha value is -0.260. The number of hydrogen-bond donors (Lipinski definition) is 0. The predicted molar refractivity (Wildman–Crippen MR) is 38.6 cm³/mol. The summed E-state index contributed by atoms with van der Waals surface area (Å²) in [6, 6.07) is 0. The van der Waals surface area contributed by atoms with Crippen LogP contribution in [0.5, 0.6) is 0 Å². The standard InChI is InChI=1S/C8H15/c1-4-5-6-7-8(2)3/h5-6,8H,2,4,7H2,1,3H3. The van der Waals surface area contributed by atoms with Gasteiger partial charge in [0.05, 0.1) is 0 Å². The van der Waals surface area contributed by atoms with Gasteiger partial charge in [0.15, 0.2) is 0 Å². The molecule has 0 aromatic rings. The molecule has 0 aromatic carbocycles. The first-order valence-electron chi connectivity index (χ1n) is 3.25. The molecule has 0 rings (SSSR count). The third-order valence-corrected chi connectivity index (χ3v) is 0.941. The largest absolute Gasteiger partial charge is 0.0888 e. The lowest BCUT2D eigenvalue weighted by Gasteiger charge is -1.94. The second-order valence-electron chi connectivity index (χ2n) is 2.22. The molecule has 0 N–H and O–H groups in total. The summed E-state index contributed by atoms with van der Waals surface area (Å²) in [6.07, 6.45) is 6.64. The predicted octanol–water partition coefficient (Wildman–Crippen LogP) is 2.81. The van der Waals surface area contributed by atoms with Gasteiger partial charge in [0.25, 0.3) is 0 Å². The molecule has 0 spiro atoms. The van der Waals surface area contributed by atoms with Crippen molar-refractivity contribution in [2.75, 3.05) is 0 Å². The molecule has 0 aliphatic heterocycles. The second kappa shape index (κ2) is 4.89. The molecule has 1 radical (unpaired) electrons. The zero-order valence-electron chi connectivity index (χ0n) is 5.85. The Kier molecular flexibility index (Phi) is 4.73. The van der Waals surface area contributed by atoms with E-state index in [0.717, 1.165) is 12.8 Å². The van der Waals surface area contributed by atoms with Crippen molar-refractivity contribution in [3.63, 3.8) is 0 Å². The van der Waals surface area contributed by atoms with Gasteiger partial charge >= 0.3 is 0 Å². The Labute approximate surface area is 52.6 Å². The van der Waals surface area contributed by atoms with Crippen LogP contribution in [0.15, 0.2) is 12.2 Å². The Bertz CT molecular complexity index is 60.4. The summed E-state index contributed by atoms with van der Waals surface area (Å²) < 4.78 is 0. The van der Waals surface area contributed by atoms with E-state index in [1.54, 1.807) is 0 Å². The van der Waals surface area contributed by atoms with Gasteiger partial charge in [-0.05, 0) is 18.8 Å². The van der Waals surface area contributed by atoms with Crippen LogP contribution in [0.25, 0.3) is 0 Å². The molecule has 0 fully saturated rings. The second-order valence-corrected chi connectivity index (χ2v) is 2.22. The lowest BCUT2D eigenvalue weighted by Crippen LogP contribution is -1.80. The van der Waals surface area contributed by atoms with E-state index in [2.05, 4.69) is 32.9 Å². The summed E-state index contributed by atoms with van der Waals surface area (Å²) >= 11 is 0. The van der Waals surface area contributed by atoms with Crippen LogP contribution in [0, 0.1) is 12.8 Å². The zero-order valence-corrected chi connectivity index (χ0v) is 5.85. The fourth-order valence-corrected chi connectivity index (χ4v) is 0.495. The third-order valence-electron chi connectivity index (χ3n) is 0.941. The molecule has 8 heavy (non-hydrogen) atoms. The van der Waals surface area contributed by atoms with Crippen molar-refractivity contribution in [3.8, 4) is 0 Å². The highest BCUT2D eigenvalue weighted by Gasteiger charge is 1.84. The minimum Gasteiger partial charge on any atom is -0.0888 e. The molecule has 0 amide bonds. The molecule has 0 saturated heterocycles. The lowest BCUT2D eigenvalue weighted by molar-refractivity contribution is 0.738. The summed E-state index contributed by atoms with van der Waals surface area (Å²) in [6.45, 7) is 8.13. The van der Waals surface area contributed by atoms with Crippen LogP contribution >= 0.6 is 0 Å². The van der Waals surface area contributed by atoms with E-state index in [9.17, 15) is 0 Å². The van der Waals surface area contributed by atoms with Gasteiger partial charge in [-0.25, -0.2) is 0 Å². The first-order chi connectivity index (χ1) is 3.77. The monoisotopic (exact) mass is 111 g/mol. The lowest BCUT2D eigenvalue weighted by atomic mass is 10.1. The quantitative estimate of drug-likeness (QED) is 0.491. The minimum absolute atomic E-state index is 0.567. The van der Waals surface area contributed by atoms with Gasteiger partial charge in [-0.2, -0.15) is 0 Å². The van der Waals surface area contributed by atoms with Gasteiger partial charge in [-0.1, -0.05) is 32.9 Å². The molecule has 0 aromatic heterocycles. The molecular weight excluding hydrogens is 96.1 g/mol. The van der Waals surface area contributed by atoms with E-state index in [0.29, 0.717) is 5.92 Å².